The molecule has 0 bridgehead atoms. The number of hydrogen-bond acceptors (Lipinski definition) is 2. The van der Waals surface area contributed by atoms with Crippen molar-refractivity contribution in [1.82, 2.24) is 4.90 Å². The summed E-state index contributed by atoms with van der Waals surface area (Å²) in [6.07, 6.45) is 1.88. The summed E-state index contributed by atoms with van der Waals surface area (Å²) in [6, 6.07) is 12.7. The van der Waals surface area contributed by atoms with Crippen LogP contribution in [0.2, 0.25) is 0 Å². The Bertz CT molecular complexity index is 657. The molecule has 0 fully saturated rings. The van der Waals surface area contributed by atoms with Crippen molar-refractivity contribution in [2.24, 2.45) is 4.99 Å². The second kappa shape index (κ2) is 7.12. The van der Waals surface area contributed by atoms with E-state index < -0.39 is 0 Å². The molecule has 0 spiro atoms. The summed E-state index contributed by atoms with van der Waals surface area (Å²) in [7, 11) is 2.03. The third-order valence-electron chi connectivity index (χ3n) is 3.77. The van der Waals surface area contributed by atoms with E-state index in [2.05, 4.69) is 79.3 Å². The number of anilines is 2. The lowest BCUT2D eigenvalue weighted by molar-refractivity contribution is 0.552. The summed E-state index contributed by atoms with van der Waals surface area (Å²) >= 11 is 0. The highest BCUT2D eigenvalue weighted by molar-refractivity contribution is 5.70. The first-order valence-electron chi connectivity index (χ1n) is 7.69. The molecule has 0 aromatic heterocycles. The van der Waals surface area contributed by atoms with E-state index in [-0.39, 0.29) is 0 Å². The quantitative estimate of drug-likeness (QED) is 0.623. The van der Waals surface area contributed by atoms with E-state index in [1.165, 1.54) is 16.7 Å². The molecule has 2 aromatic carbocycles. The zero-order valence-corrected chi connectivity index (χ0v) is 14.1. The number of rotatable bonds is 5. The minimum atomic E-state index is 0.953. The van der Waals surface area contributed by atoms with Gasteiger partial charge in [0.1, 0.15) is 0 Å². The first kappa shape index (κ1) is 16.1. The van der Waals surface area contributed by atoms with Crippen LogP contribution < -0.4 is 5.32 Å². The van der Waals surface area contributed by atoms with Gasteiger partial charge in [-0.2, -0.15) is 0 Å². The first-order chi connectivity index (χ1) is 10.5. The molecule has 0 aliphatic rings. The van der Waals surface area contributed by atoms with E-state index in [4.69, 9.17) is 0 Å². The van der Waals surface area contributed by atoms with Gasteiger partial charge in [-0.1, -0.05) is 17.7 Å². The van der Waals surface area contributed by atoms with Gasteiger partial charge < -0.3 is 10.2 Å². The minimum absolute atomic E-state index is 0.953. The summed E-state index contributed by atoms with van der Waals surface area (Å²) in [4.78, 5) is 6.63. The molecule has 0 radical (unpaired) electrons. The highest BCUT2D eigenvalue weighted by atomic mass is 15.1. The van der Waals surface area contributed by atoms with Gasteiger partial charge in [0.25, 0.3) is 0 Å². The van der Waals surface area contributed by atoms with Gasteiger partial charge >= 0.3 is 0 Å². The van der Waals surface area contributed by atoms with E-state index in [0.29, 0.717) is 0 Å². The van der Waals surface area contributed by atoms with Crippen LogP contribution in [0, 0.1) is 20.8 Å². The van der Waals surface area contributed by atoms with Crippen LogP contribution in [0.3, 0.4) is 0 Å². The van der Waals surface area contributed by atoms with Crippen LogP contribution >= 0.6 is 0 Å². The average molecular weight is 295 g/mol. The predicted molar refractivity (Wildman–Crippen MR) is 96.8 cm³/mol. The molecule has 116 valence electrons. The van der Waals surface area contributed by atoms with Gasteiger partial charge in [-0.05, 0) is 63.1 Å². The second-order valence-corrected chi connectivity index (χ2v) is 5.76. The monoisotopic (exact) mass is 295 g/mol. The zero-order valence-electron chi connectivity index (χ0n) is 14.1. The van der Waals surface area contributed by atoms with Crippen molar-refractivity contribution in [3.8, 4) is 0 Å². The molecule has 0 aliphatic heterocycles. The van der Waals surface area contributed by atoms with E-state index in [9.17, 15) is 0 Å². The van der Waals surface area contributed by atoms with E-state index in [1.54, 1.807) is 0 Å². The third kappa shape index (κ3) is 4.10. The Hall–Kier alpha value is -2.29. The van der Waals surface area contributed by atoms with E-state index >= 15 is 0 Å². The summed E-state index contributed by atoms with van der Waals surface area (Å²) in [6.45, 7) is 9.36. The molecule has 0 atom stereocenters. The van der Waals surface area contributed by atoms with Crippen LogP contribution in [-0.2, 0) is 0 Å². The highest BCUT2D eigenvalue weighted by Crippen LogP contribution is 2.28. The molecule has 3 heteroatoms. The fourth-order valence-corrected chi connectivity index (χ4v) is 2.11. The number of nitrogens with zero attached hydrogens (tertiary/aromatic N) is 2. The standard InChI is InChI=1S/C19H25N3/c1-6-22(5)13-20-18-11-16(4)19(12-15(18)3)21-17-9-7-14(2)8-10-17/h7-13,21H,6H2,1-5H3. The SMILES string of the molecule is CCN(C)C=Nc1cc(C)c(Nc2ccc(C)cc2)cc1C. The molecular weight excluding hydrogens is 270 g/mol. The van der Waals surface area contributed by atoms with Crippen molar-refractivity contribution in [2.45, 2.75) is 27.7 Å². The van der Waals surface area contributed by atoms with Crippen LogP contribution in [0.15, 0.2) is 41.4 Å². The second-order valence-electron chi connectivity index (χ2n) is 5.76. The summed E-state index contributed by atoms with van der Waals surface area (Å²) in [5.41, 5.74) is 6.88. The molecule has 1 N–H and O–H groups in total. The molecule has 0 heterocycles. The number of nitrogens with one attached hydrogen (secondary N) is 1. The number of benzene rings is 2. The van der Waals surface area contributed by atoms with E-state index in [1.807, 2.05) is 13.4 Å². The molecule has 0 saturated heterocycles. The Morgan fingerprint density at radius 2 is 1.73 bits per heavy atom. The first-order valence-corrected chi connectivity index (χ1v) is 7.69. The smallest absolute Gasteiger partial charge is 0.0909 e. The Morgan fingerprint density at radius 3 is 2.36 bits per heavy atom. The number of aryl methyl sites for hydroxylation is 3. The van der Waals surface area contributed by atoms with Gasteiger partial charge in [-0.25, -0.2) is 4.99 Å². The van der Waals surface area contributed by atoms with Gasteiger partial charge in [-0.15, -0.1) is 0 Å². The minimum Gasteiger partial charge on any atom is -0.366 e. The van der Waals surface area contributed by atoms with Crippen molar-refractivity contribution < 1.29 is 0 Å². The van der Waals surface area contributed by atoms with Gasteiger partial charge in [0.05, 0.1) is 12.0 Å². The Kier molecular flexibility index (Phi) is 5.21. The molecule has 3 nitrogen and oxygen atoms in total. The number of aliphatic imine (C=N–C) groups is 1. The van der Waals surface area contributed by atoms with Gasteiger partial charge in [0.15, 0.2) is 0 Å². The largest absolute Gasteiger partial charge is 0.366 e. The Morgan fingerprint density at radius 1 is 1.05 bits per heavy atom. The fourth-order valence-electron chi connectivity index (χ4n) is 2.11. The molecule has 2 rings (SSSR count). The van der Waals surface area contributed by atoms with E-state index in [0.717, 1.165) is 23.6 Å². The molecule has 0 amide bonds. The molecule has 0 aliphatic carbocycles. The van der Waals surface area contributed by atoms with Crippen LogP contribution in [0.4, 0.5) is 17.1 Å². The summed E-state index contributed by atoms with van der Waals surface area (Å²) in [5.74, 6) is 0. The average Bonchev–Trinajstić information content (AvgIpc) is 2.51. The molecule has 0 saturated carbocycles. The van der Waals surface area contributed by atoms with Crippen molar-refractivity contribution in [2.75, 3.05) is 18.9 Å². The number of hydrogen-bond donors (Lipinski definition) is 1. The third-order valence-corrected chi connectivity index (χ3v) is 3.77. The van der Waals surface area contributed by atoms with Crippen LogP contribution in [0.5, 0.6) is 0 Å². The van der Waals surface area contributed by atoms with Gasteiger partial charge in [0.2, 0.25) is 0 Å². The predicted octanol–water partition coefficient (Wildman–Crippen LogP) is 4.97. The molecular formula is C19H25N3. The lowest BCUT2D eigenvalue weighted by atomic mass is 10.1. The molecule has 22 heavy (non-hydrogen) atoms. The van der Waals surface area contributed by atoms with Gasteiger partial charge in [0, 0.05) is 25.0 Å². The Balaban J connectivity index is 2.22. The van der Waals surface area contributed by atoms with Crippen LogP contribution in [-0.4, -0.2) is 24.8 Å². The van der Waals surface area contributed by atoms with Crippen LogP contribution in [0.25, 0.3) is 0 Å². The van der Waals surface area contributed by atoms with Crippen LogP contribution in [0.1, 0.15) is 23.6 Å². The van der Waals surface area contributed by atoms with Gasteiger partial charge in [-0.3, -0.25) is 0 Å². The van der Waals surface area contributed by atoms with Crippen molar-refractivity contribution in [1.29, 1.82) is 0 Å². The Labute approximate surface area is 133 Å². The van der Waals surface area contributed by atoms with Crippen molar-refractivity contribution >= 4 is 23.4 Å². The molecule has 0 unspecified atom stereocenters. The fraction of sp³-hybridized carbons (Fsp3) is 0.316. The normalized spacial score (nSPS) is 11.0. The summed E-state index contributed by atoms with van der Waals surface area (Å²) in [5, 5.41) is 3.48. The lowest BCUT2D eigenvalue weighted by Gasteiger charge is -2.13. The lowest BCUT2D eigenvalue weighted by Crippen LogP contribution is -2.14. The highest BCUT2D eigenvalue weighted by Gasteiger charge is 2.04. The zero-order chi connectivity index (χ0) is 16.1. The van der Waals surface area contributed by atoms with Crippen molar-refractivity contribution in [3.05, 3.63) is 53.1 Å². The molecule has 2 aromatic rings. The maximum Gasteiger partial charge on any atom is 0.0909 e. The maximum atomic E-state index is 4.57. The van der Waals surface area contributed by atoms with Crippen molar-refractivity contribution in [3.63, 3.8) is 0 Å². The topological polar surface area (TPSA) is 27.6 Å². The maximum absolute atomic E-state index is 4.57. The summed E-state index contributed by atoms with van der Waals surface area (Å²) < 4.78 is 0.